The Hall–Kier alpha value is -2.89. The van der Waals surface area contributed by atoms with Gasteiger partial charge in [0.2, 0.25) is 5.91 Å². The largest absolute Gasteiger partial charge is 0.488 e. The molecular formula is C19H19N3O3. The zero-order valence-corrected chi connectivity index (χ0v) is 13.8. The second-order valence-electron chi connectivity index (χ2n) is 6.21. The molecule has 0 saturated carbocycles. The van der Waals surface area contributed by atoms with Crippen molar-refractivity contribution in [2.24, 2.45) is 0 Å². The van der Waals surface area contributed by atoms with Crippen molar-refractivity contribution < 1.29 is 14.1 Å². The highest BCUT2D eigenvalue weighted by atomic mass is 16.5. The Kier molecular flexibility index (Phi) is 4.33. The van der Waals surface area contributed by atoms with Crippen molar-refractivity contribution in [3.05, 3.63) is 54.5 Å². The molecule has 0 spiro atoms. The van der Waals surface area contributed by atoms with Crippen molar-refractivity contribution in [1.82, 2.24) is 15.0 Å². The summed E-state index contributed by atoms with van der Waals surface area (Å²) >= 11 is 0. The zero-order chi connectivity index (χ0) is 17.1. The predicted molar refractivity (Wildman–Crippen MR) is 92.2 cm³/mol. The fraction of sp³-hybridized carbons (Fsp3) is 0.316. The van der Waals surface area contributed by atoms with Gasteiger partial charge in [-0.2, -0.15) is 0 Å². The van der Waals surface area contributed by atoms with Crippen LogP contribution in [-0.4, -0.2) is 40.1 Å². The number of amides is 1. The Bertz CT molecular complexity index is 862. The number of carbonyl (C=O) groups excluding carboxylic acids is 1. The van der Waals surface area contributed by atoms with Crippen LogP contribution in [0.15, 0.2) is 53.3 Å². The van der Waals surface area contributed by atoms with Gasteiger partial charge in [-0.1, -0.05) is 17.3 Å². The number of fused-ring (bicyclic) bond motifs is 1. The lowest BCUT2D eigenvalue weighted by atomic mass is 10.1. The zero-order valence-electron chi connectivity index (χ0n) is 13.8. The van der Waals surface area contributed by atoms with Crippen molar-refractivity contribution in [2.45, 2.75) is 25.4 Å². The van der Waals surface area contributed by atoms with Gasteiger partial charge in [0.25, 0.3) is 0 Å². The van der Waals surface area contributed by atoms with E-state index in [-0.39, 0.29) is 18.4 Å². The predicted octanol–water partition coefficient (Wildman–Crippen LogP) is 2.84. The van der Waals surface area contributed by atoms with E-state index in [9.17, 15) is 4.79 Å². The molecule has 1 unspecified atom stereocenters. The van der Waals surface area contributed by atoms with Crippen molar-refractivity contribution in [3.63, 3.8) is 0 Å². The standard InChI is InChI=1S/C19H19N3O3/c23-19(12-17-16-5-1-2-6-18(16)25-21-17)22-11-3-4-15(13-22)24-14-7-9-20-10-8-14/h1-2,5-10,15H,3-4,11-13H2. The number of likely N-dealkylation sites (tertiary alicyclic amines) is 1. The van der Waals surface area contributed by atoms with Gasteiger partial charge >= 0.3 is 0 Å². The van der Waals surface area contributed by atoms with Crippen LogP contribution >= 0.6 is 0 Å². The molecule has 4 rings (SSSR count). The molecule has 1 aromatic carbocycles. The first kappa shape index (κ1) is 15.6. The third-order valence-electron chi connectivity index (χ3n) is 4.45. The minimum Gasteiger partial charge on any atom is -0.488 e. The highest BCUT2D eigenvalue weighted by Gasteiger charge is 2.26. The molecule has 1 aliphatic rings. The number of aromatic nitrogens is 2. The number of para-hydroxylation sites is 1. The Morgan fingerprint density at radius 3 is 2.96 bits per heavy atom. The lowest BCUT2D eigenvalue weighted by molar-refractivity contribution is -0.133. The molecule has 3 aromatic rings. The van der Waals surface area contributed by atoms with Gasteiger partial charge in [0.15, 0.2) is 5.58 Å². The summed E-state index contributed by atoms with van der Waals surface area (Å²) in [5.41, 5.74) is 1.40. The van der Waals surface area contributed by atoms with E-state index >= 15 is 0 Å². The van der Waals surface area contributed by atoms with E-state index in [0.29, 0.717) is 17.8 Å². The van der Waals surface area contributed by atoms with Crippen LogP contribution in [0.2, 0.25) is 0 Å². The summed E-state index contributed by atoms with van der Waals surface area (Å²) < 4.78 is 11.3. The van der Waals surface area contributed by atoms with Crippen LogP contribution in [0, 0.1) is 0 Å². The fourth-order valence-corrected chi connectivity index (χ4v) is 3.19. The Morgan fingerprint density at radius 1 is 1.24 bits per heavy atom. The van der Waals surface area contributed by atoms with E-state index in [1.165, 1.54) is 0 Å². The first-order valence-corrected chi connectivity index (χ1v) is 8.47. The number of piperidine rings is 1. The highest BCUT2D eigenvalue weighted by Crippen LogP contribution is 2.21. The van der Waals surface area contributed by atoms with Gasteiger partial charge in [0, 0.05) is 24.3 Å². The molecule has 3 heterocycles. The first-order chi connectivity index (χ1) is 12.3. The molecule has 2 aromatic heterocycles. The fourth-order valence-electron chi connectivity index (χ4n) is 3.19. The minimum atomic E-state index is 0.00848. The summed E-state index contributed by atoms with van der Waals surface area (Å²) in [6, 6.07) is 11.3. The third kappa shape index (κ3) is 3.47. The maximum Gasteiger partial charge on any atom is 0.228 e. The average Bonchev–Trinajstić information content (AvgIpc) is 3.06. The lowest BCUT2D eigenvalue weighted by Crippen LogP contribution is -2.45. The summed E-state index contributed by atoms with van der Waals surface area (Å²) in [5, 5.41) is 4.96. The Morgan fingerprint density at radius 2 is 2.08 bits per heavy atom. The van der Waals surface area contributed by atoms with Gasteiger partial charge in [0.1, 0.15) is 17.5 Å². The van der Waals surface area contributed by atoms with E-state index in [4.69, 9.17) is 9.26 Å². The lowest BCUT2D eigenvalue weighted by Gasteiger charge is -2.32. The van der Waals surface area contributed by atoms with E-state index in [0.717, 1.165) is 30.5 Å². The summed E-state index contributed by atoms with van der Waals surface area (Å²) in [6.07, 6.45) is 5.54. The summed E-state index contributed by atoms with van der Waals surface area (Å²) in [7, 11) is 0. The second kappa shape index (κ2) is 6.93. The SMILES string of the molecule is O=C(Cc1noc2ccccc12)N1CCCC(Oc2ccncc2)C1. The van der Waals surface area contributed by atoms with E-state index in [1.54, 1.807) is 12.4 Å². The van der Waals surface area contributed by atoms with Gasteiger partial charge in [-0.05, 0) is 37.1 Å². The van der Waals surface area contributed by atoms with Crippen LogP contribution in [0.3, 0.4) is 0 Å². The molecule has 0 radical (unpaired) electrons. The first-order valence-electron chi connectivity index (χ1n) is 8.47. The molecule has 1 saturated heterocycles. The Labute approximate surface area is 145 Å². The number of hydrogen-bond acceptors (Lipinski definition) is 5. The number of rotatable bonds is 4. The minimum absolute atomic E-state index is 0.00848. The van der Waals surface area contributed by atoms with Crippen LogP contribution < -0.4 is 4.74 Å². The molecule has 1 amide bonds. The highest BCUT2D eigenvalue weighted by molar-refractivity contribution is 5.86. The van der Waals surface area contributed by atoms with Crippen molar-refractivity contribution in [2.75, 3.05) is 13.1 Å². The van der Waals surface area contributed by atoms with Gasteiger partial charge in [-0.25, -0.2) is 0 Å². The van der Waals surface area contributed by atoms with Crippen LogP contribution in [0.4, 0.5) is 0 Å². The molecule has 1 fully saturated rings. The number of nitrogens with zero attached hydrogens (tertiary/aromatic N) is 3. The average molecular weight is 337 g/mol. The number of pyridine rings is 1. The van der Waals surface area contributed by atoms with Crippen molar-refractivity contribution >= 4 is 16.9 Å². The molecular weight excluding hydrogens is 318 g/mol. The summed E-state index contributed by atoms with van der Waals surface area (Å²) in [5.74, 6) is 0.846. The smallest absolute Gasteiger partial charge is 0.228 e. The molecule has 0 N–H and O–H groups in total. The molecule has 6 nitrogen and oxygen atoms in total. The number of hydrogen-bond donors (Lipinski definition) is 0. The van der Waals surface area contributed by atoms with Crippen LogP contribution in [-0.2, 0) is 11.2 Å². The molecule has 6 heteroatoms. The van der Waals surface area contributed by atoms with Crippen LogP contribution in [0.5, 0.6) is 5.75 Å². The quantitative estimate of drug-likeness (QED) is 0.732. The van der Waals surface area contributed by atoms with Gasteiger partial charge in [0.05, 0.1) is 13.0 Å². The van der Waals surface area contributed by atoms with Crippen LogP contribution in [0.1, 0.15) is 18.5 Å². The number of ether oxygens (including phenoxy) is 1. The Balaban J connectivity index is 1.41. The molecule has 128 valence electrons. The number of carbonyl (C=O) groups is 1. The van der Waals surface area contributed by atoms with Crippen molar-refractivity contribution in [1.29, 1.82) is 0 Å². The van der Waals surface area contributed by atoms with E-state index in [2.05, 4.69) is 10.1 Å². The van der Waals surface area contributed by atoms with Gasteiger partial charge < -0.3 is 14.2 Å². The normalized spacial score (nSPS) is 17.6. The molecule has 25 heavy (non-hydrogen) atoms. The molecule has 0 bridgehead atoms. The van der Waals surface area contributed by atoms with Gasteiger partial charge in [-0.3, -0.25) is 9.78 Å². The molecule has 1 atom stereocenters. The third-order valence-corrected chi connectivity index (χ3v) is 4.45. The maximum atomic E-state index is 12.7. The van der Waals surface area contributed by atoms with E-state index in [1.807, 2.05) is 41.3 Å². The van der Waals surface area contributed by atoms with E-state index < -0.39 is 0 Å². The molecule has 1 aliphatic heterocycles. The summed E-state index contributed by atoms with van der Waals surface area (Å²) in [4.78, 5) is 18.5. The van der Waals surface area contributed by atoms with Crippen LogP contribution in [0.25, 0.3) is 11.0 Å². The second-order valence-corrected chi connectivity index (χ2v) is 6.21. The maximum absolute atomic E-state index is 12.7. The topological polar surface area (TPSA) is 68.5 Å². The molecule has 0 aliphatic carbocycles. The summed E-state index contributed by atoms with van der Waals surface area (Å²) in [6.45, 7) is 1.35. The van der Waals surface area contributed by atoms with Gasteiger partial charge in [-0.15, -0.1) is 0 Å². The number of benzene rings is 1. The van der Waals surface area contributed by atoms with Crippen molar-refractivity contribution in [3.8, 4) is 5.75 Å². The monoisotopic (exact) mass is 337 g/mol.